The molecule has 1 N–H and O–H groups in total. The van der Waals surface area contributed by atoms with Gasteiger partial charge in [0.05, 0.1) is 12.1 Å². The van der Waals surface area contributed by atoms with Gasteiger partial charge in [0, 0.05) is 6.04 Å². The van der Waals surface area contributed by atoms with E-state index in [1.54, 1.807) is 0 Å². The summed E-state index contributed by atoms with van der Waals surface area (Å²) in [5, 5.41) is 15.7. The van der Waals surface area contributed by atoms with Gasteiger partial charge in [-0.05, 0) is 55.9 Å². The summed E-state index contributed by atoms with van der Waals surface area (Å²) in [6, 6.07) is 1.38. The van der Waals surface area contributed by atoms with E-state index in [9.17, 15) is 0 Å². The van der Waals surface area contributed by atoms with Crippen LogP contribution in [0, 0.1) is 5.92 Å². The molecule has 0 amide bonds. The topological polar surface area (TPSA) is 55.6 Å². The Kier molecular flexibility index (Phi) is 2.86. The van der Waals surface area contributed by atoms with Crippen LogP contribution in [0.5, 0.6) is 0 Å². The van der Waals surface area contributed by atoms with Gasteiger partial charge in [-0.2, -0.15) is 0 Å². The molecule has 5 nitrogen and oxygen atoms in total. The molecule has 0 aliphatic heterocycles. The highest BCUT2D eigenvalue weighted by Gasteiger charge is 2.31. The zero-order chi connectivity index (χ0) is 11.8. The van der Waals surface area contributed by atoms with E-state index in [1.807, 2.05) is 4.68 Å². The van der Waals surface area contributed by atoms with Crippen LogP contribution in [-0.4, -0.2) is 26.2 Å². The van der Waals surface area contributed by atoms with Gasteiger partial charge in [0.1, 0.15) is 0 Å². The minimum atomic E-state index is 0.251. The van der Waals surface area contributed by atoms with Crippen LogP contribution in [0.2, 0.25) is 0 Å². The van der Waals surface area contributed by atoms with Crippen molar-refractivity contribution in [2.24, 2.45) is 5.92 Å². The van der Waals surface area contributed by atoms with Gasteiger partial charge in [0.2, 0.25) is 0 Å². The molecule has 0 saturated heterocycles. The fraction of sp³-hybridized carbons (Fsp3) is 0.917. The Bertz CT molecular complexity index is 380. The Balaban J connectivity index is 1.63. The van der Waals surface area contributed by atoms with Crippen molar-refractivity contribution in [3.05, 3.63) is 5.82 Å². The normalized spacial score (nSPS) is 24.4. The maximum atomic E-state index is 4.17. The number of nitrogens with zero attached hydrogens (tertiary/aromatic N) is 4. The van der Waals surface area contributed by atoms with Gasteiger partial charge in [-0.25, -0.2) is 4.68 Å². The Morgan fingerprint density at radius 2 is 2.00 bits per heavy atom. The zero-order valence-corrected chi connectivity index (χ0v) is 10.6. The fourth-order valence-electron chi connectivity index (χ4n) is 2.61. The van der Waals surface area contributed by atoms with Crippen LogP contribution in [0.3, 0.4) is 0 Å². The third-order valence-electron chi connectivity index (χ3n) is 4.17. The second kappa shape index (κ2) is 4.37. The molecular weight excluding hydrogens is 214 g/mol. The molecule has 0 unspecified atom stereocenters. The molecule has 2 aliphatic rings. The number of nitrogens with one attached hydrogen (secondary N) is 1. The highest BCUT2D eigenvalue weighted by Crippen LogP contribution is 2.36. The molecule has 0 bridgehead atoms. The lowest BCUT2D eigenvalue weighted by Gasteiger charge is -2.33. The summed E-state index contributed by atoms with van der Waals surface area (Å²) in [4.78, 5) is 0. The summed E-state index contributed by atoms with van der Waals surface area (Å²) in [7, 11) is 0. The van der Waals surface area contributed by atoms with Gasteiger partial charge in [-0.1, -0.05) is 6.42 Å². The van der Waals surface area contributed by atoms with Gasteiger partial charge < -0.3 is 5.32 Å². The minimum absolute atomic E-state index is 0.251. The molecule has 1 heterocycles. The Labute approximate surface area is 102 Å². The molecule has 1 aromatic heterocycles. The van der Waals surface area contributed by atoms with Gasteiger partial charge in [0.25, 0.3) is 0 Å². The Morgan fingerprint density at radius 3 is 2.59 bits per heavy atom. The molecule has 0 radical (unpaired) electrons. The average molecular weight is 235 g/mol. The van der Waals surface area contributed by atoms with Crippen LogP contribution in [0.4, 0.5) is 0 Å². The molecule has 94 valence electrons. The van der Waals surface area contributed by atoms with E-state index in [2.05, 4.69) is 34.7 Å². The summed E-state index contributed by atoms with van der Waals surface area (Å²) < 4.78 is 2.01. The lowest BCUT2D eigenvalue weighted by Crippen LogP contribution is -2.39. The molecule has 2 saturated carbocycles. The molecular formula is C12H21N5. The number of aromatic nitrogens is 4. The third kappa shape index (κ3) is 2.20. The summed E-state index contributed by atoms with van der Waals surface area (Å²) in [5.74, 6) is 1.85. The van der Waals surface area contributed by atoms with Crippen molar-refractivity contribution >= 4 is 0 Å². The number of rotatable bonds is 5. The molecule has 2 atom stereocenters. The second-order valence-corrected chi connectivity index (χ2v) is 5.58. The standard InChI is InChI=1S/C12H21N5/c1-8(10-4-3-5-10)13-9(2)12-14-15-16-17(12)11-6-7-11/h8-11,13H,3-7H2,1-2H3/t8-,9-/m0/s1. The van der Waals surface area contributed by atoms with E-state index in [0.29, 0.717) is 12.1 Å². The first-order chi connectivity index (χ1) is 8.25. The largest absolute Gasteiger partial charge is 0.305 e. The monoisotopic (exact) mass is 235 g/mol. The van der Waals surface area contributed by atoms with Crippen molar-refractivity contribution in [1.29, 1.82) is 0 Å². The average Bonchev–Trinajstić information content (AvgIpc) is 2.93. The van der Waals surface area contributed by atoms with Crippen LogP contribution < -0.4 is 5.32 Å². The molecule has 0 aromatic carbocycles. The summed E-state index contributed by atoms with van der Waals surface area (Å²) in [5.41, 5.74) is 0. The first kappa shape index (κ1) is 11.1. The molecule has 0 spiro atoms. The molecule has 2 fully saturated rings. The predicted octanol–water partition coefficient (Wildman–Crippen LogP) is 1.85. The lowest BCUT2D eigenvalue weighted by molar-refractivity contribution is 0.226. The maximum absolute atomic E-state index is 4.17. The Hall–Kier alpha value is -0.970. The molecule has 5 heteroatoms. The van der Waals surface area contributed by atoms with Crippen LogP contribution in [-0.2, 0) is 0 Å². The SMILES string of the molecule is C[C@H](N[C@@H](C)C1CCC1)c1nnnn1C1CC1. The number of hydrogen-bond acceptors (Lipinski definition) is 4. The second-order valence-electron chi connectivity index (χ2n) is 5.58. The van der Waals surface area contributed by atoms with Gasteiger partial charge in [-0.15, -0.1) is 5.10 Å². The van der Waals surface area contributed by atoms with Crippen LogP contribution in [0.25, 0.3) is 0 Å². The van der Waals surface area contributed by atoms with E-state index >= 15 is 0 Å². The summed E-state index contributed by atoms with van der Waals surface area (Å²) >= 11 is 0. The van der Waals surface area contributed by atoms with Crippen molar-refractivity contribution < 1.29 is 0 Å². The molecule has 17 heavy (non-hydrogen) atoms. The number of hydrogen-bond donors (Lipinski definition) is 1. The third-order valence-corrected chi connectivity index (χ3v) is 4.17. The van der Waals surface area contributed by atoms with E-state index in [0.717, 1.165) is 11.7 Å². The smallest absolute Gasteiger partial charge is 0.168 e. The van der Waals surface area contributed by atoms with Crippen LogP contribution in [0.1, 0.15) is 63.9 Å². The van der Waals surface area contributed by atoms with Gasteiger partial charge in [0.15, 0.2) is 5.82 Å². The highest BCUT2D eigenvalue weighted by molar-refractivity contribution is 4.97. The van der Waals surface area contributed by atoms with Crippen molar-refractivity contribution in [2.45, 2.75) is 64.1 Å². The number of tetrazole rings is 1. The minimum Gasteiger partial charge on any atom is -0.305 e. The molecule has 2 aliphatic carbocycles. The predicted molar refractivity (Wildman–Crippen MR) is 64.4 cm³/mol. The van der Waals surface area contributed by atoms with E-state index < -0.39 is 0 Å². The Morgan fingerprint density at radius 1 is 1.24 bits per heavy atom. The van der Waals surface area contributed by atoms with Crippen LogP contribution >= 0.6 is 0 Å². The van der Waals surface area contributed by atoms with Crippen molar-refractivity contribution in [2.75, 3.05) is 0 Å². The highest BCUT2D eigenvalue weighted by atomic mass is 15.6. The van der Waals surface area contributed by atoms with Gasteiger partial charge in [-0.3, -0.25) is 0 Å². The van der Waals surface area contributed by atoms with Crippen LogP contribution in [0.15, 0.2) is 0 Å². The quantitative estimate of drug-likeness (QED) is 0.846. The van der Waals surface area contributed by atoms with Gasteiger partial charge >= 0.3 is 0 Å². The molecule has 3 rings (SSSR count). The first-order valence-electron chi connectivity index (χ1n) is 6.79. The van der Waals surface area contributed by atoms with Crippen molar-refractivity contribution in [1.82, 2.24) is 25.5 Å². The fourth-order valence-corrected chi connectivity index (χ4v) is 2.61. The summed E-state index contributed by atoms with van der Waals surface area (Å²) in [6.07, 6.45) is 6.58. The van der Waals surface area contributed by atoms with Crippen molar-refractivity contribution in [3.8, 4) is 0 Å². The van der Waals surface area contributed by atoms with E-state index in [-0.39, 0.29) is 6.04 Å². The summed E-state index contributed by atoms with van der Waals surface area (Å²) in [6.45, 7) is 4.45. The van der Waals surface area contributed by atoms with E-state index in [4.69, 9.17) is 0 Å². The first-order valence-corrected chi connectivity index (χ1v) is 6.79. The zero-order valence-electron chi connectivity index (χ0n) is 10.6. The maximum Gasteiger partial charge on any atom is 0.168 e. The lowest BCUT2D eigenvalue weighted by atomic mass is 9.80. The van der Waals surface area contributed by atoms with Crippen molar-refractivity contribution in [3.63, 3.8) is 0 Å². The van der Waals surface area contributed by atoms with E-state index in [1.165, 1.54) is 32.1 Å². The molecule has 1 aromatic rings.